The maximum Gasteiger partial charge on any atom is 0.0922 e. The Bertz CT molecular complexity index is 557. The minimum atomic E-state index is -0.406. The fourth-order valence-corrected chi connectivity index (χ4v) is 2.89. The van der Waals surface area contributed by atoms with Crippen molar-refractivity contribution in [3.63, 3.8) is 0 Å². The summed E-state index contributed by atoms with van der Waals surface area (Å²) in [5, 5.41) is 12.9. The van der Waals surface area contributed by atoms with E-state index in [1.165, 1.54) is 30.0 Å². The van der Waals surface area contributed by atoms with Gasteiger partial charge in [-0.3, -0.25) is 0 Å². The zero-order chi connectivity index (χ0) is 13.2. The van der Waals surface area contributed by atoms with E-state index in [0.29, 0.717) is 6.04 Å². The maximum absolute atomic E-state index is 10.5. The lowest BCUT2D eigenvalue weighted by Crippen LogP contribution is -2.39. The molecule has 1 atom stereocenters. The van der Waals surface area contributed by atoms with E-state index in [1.54, 1.807) is 0 Å². The van der Waals surface area contributed by atoms with Crippen molar-refractivity contribution in [1.29, 1.82) is 0 Å². The van der Waals surface area contributed by atoms with Crippen LogP contribution in [0.1, 0.15) is 30.9 Å². The topological polar surface area (TPSA) is 23.5 Å². The molecule has 0 spiro atoms. The SMILES string of the molecule is CN(CC(O)c1cccc2ccccc12)C1CCC1. The van der Waals surface area contributed by atoms with Crippen LogP contribution >= 0.6 is 0 Å². The lowest BCUT2D eigenvalue weighted by Gasteiger charge is -2.36. The number of benzene rings is 2. The summed E-state index contributed by atoms with van der Waals surface area (Å²) >= 11 is 0. The molecule has 0 aliphatic heterocycles. The second-order valence-corrected chi connectivity index (χ2v) is 5.61. The summed E-state index contributed by atoms with van der Waals surface area (Å²) in [5.74, 6) is 0. The fourth-order valence-electron chi connectivity index (χ4n) is 2.89. The zero-order valence-corrected chi connectivity index (χ0v) is 11.4. The second kappa shape index (κ2) is 5.32. The van der Waals surface area contributed by atoms with E-state index in [-0.39, 0.29) is 0 Å². The number of hydrogen-bond acceptors (Lipinski definition) is 2. The summed E-state index contributed by atoms with van der Waals surface area (Å²) in [4.78, 5) is 2.30. The van der Waals surface area contributed by atoms with Gasteiger partial charge >= 0.3 is 0 Å². The largest absolute Gasteiger partial charge is 0.387 e. The summed E-state index contributed by atoms with van der Waals surface area (Å²) in [5.41, 5.74) is 1.05. The first-order chi connectivity index (χ1) is 9.25. The third-order valence-corrected chi connectivity index (χ3v) is 4.34. The standard InChI is InChI=1S/C17H21NO/c1-18(14-8-5-9-14)12-17(19)16-11-4-7-13-6-2-3-10-15(13)16/h2-4,6-7,10-11,14,17,19H,5,8-9,12H2,1H3. The van der Waals surface area contributed by atoms with Gasteiger partial charge in [-0.15, -0.1) is 0 Å². The Hall–Kier alpha value is -1.38. The van der Waals surface area contributed by atoms with Crippen molar-refractivity contribution in [2.45, 2.75) is 31.4 Å². The molecule has 1 fully saturated rings. The van der Waals surface area contributed by atoms with Gasteiger partial charge in [0, 0.05) is 12.6 Å². The van der Waals surface area contributed by atoms with Gasteiger partial charge in [-0.05, 0) is 36.2 Å². The molecule has 100 valence electrons. The van der Waals surface area contributed by atoms with E-state index < -0.39 is 6.10 Å². The van der Waals surface area contributed by atoms with Gasteiger partial charge in [0.1, 0.15) is 0 Å². The van der Waals surface area contributed by atoms with Crippen LogP contribution < -0.4 is 0 Å². The Kier molecular flexibility index (Phi) is 3.54. The molecule has 2 heteroatoms. The van der Waals surface area contributed by atoms with Gasteiger partial charge in [0.25, 0.3) is 0 Å². The molecule has 0 bridgehead atoms. The Morgan fingerprint density at radius 3 is 2.63 bits per heavy atom. The average Bonchev–Trinajstić information content (AvgIpc) is 2.35. The molecule has 2 aromatic carbocycles. The summed E-state index contributed by atoms with van der Waals surface area (Å²) < 4.78 is 0. The molecule has 2 nitrogen and oxygen atoms in total. The summed E-state index contributed by atoms with van der Waals surface area (Å²) in [6.07, 6.45) is 3.48. The molecule has 2 aromatic rings. The van der Waals surface area contributed by atoms with Crippen LogP contribution in [0, 0.1) is 0 Å². The van der Waals surface area contributed by atoms with Crippen molar-refractivity contribution in [3.8, 4) is 0 Å². The Morgan fingerprint density at radius 1 is 1.16 bits per heavy atom. The number of rotatable bonds is 4. The van der Waals surface area contributed by atoms with Gasteiger partial charge < -0.3 is 10.0 Å². The van der Waals surface area contributed by atoms with Crippen molar-refractivity contribution in [3.05, 3.63) is 48.0 Å². The van der Waals surface area contributed by atoms with Crippen LogP contribution in [0.15, 0.2) is 42.5 Å². The van der Waals surface area contributed by atoms with Gasteiger partial charge in [-0.2, -0.15) is 0 Å². The number of nitrogens with zero attached hydrogens (tertiary/aromatic N) is 1. The minimum Gasteiger partial charge on any atom is -0.387 e. The molecular formula is C17H21NO. The van der Waals surface area contributed by atoms with Gasteiger partial charge in [-0.1, -0.05) is 48.9 Å². The van der Waals surface area contributed by atoms with E-state index in [4.69, 9.17) is 0 Å². The first-order valence-corrected chi connectivity index (χ1v) is 7.11. The van der Waals surface area contributed by atoms with E-state index >= 15 is 0 Å². The quantitative estimate of drug-likeness (QED) is 0.905. The van der Waals surface area contributed by atoms with Gasteiger partial charge in [0.2, 0.25) is 0 Å². The van der Waals surface area contributed by atoms with Gasteiger partial charge in [0.05, 0.1) is 6.10 Å². The number of hydrogen-bond donors (Lipinski definition) is 1. The third-order valence-electron chi connectivity index (χ3n) is 4.34. The minimum absolute atomic E-state index is 0.406. The first-order valence-electron chi connectivity index (χ1n) is 7.11. The molecule has 1 unspecified atom stereocenters. The highest BCUT2D eigenvalue weighted by atomic mass is 16.3. The number of aliphatic hydroxyl groups excluding tert-OH is 1. The van der Waals surface area contributed by atoms with E-state index in [2.05, 4.69) is 30.1 Å². The summed E-state index contributed by atoms with van der Waals surface area (Å²) in [6, 6.07) is 15.1. The average molecular weight is 255 g/mol. The van der Waals surface area contributed by atoms with Crippen LogP contribution in [0.5, 0.6) is 0 Å². The van der Waals surface area contributed by atoms with E-state index in [0.717, 1.165) is 12.1 Å². The highest BCUT2D eigenvalue weighted by molar-refractivity contribution is 5.85. The number of fused-ring (bicyclic) bond motifs is 1. The number of likely N-dealkylation sites (N-methyl/N-ethyl adjacent to an activating group) is 1. The van der Waals surface area contributed by atoms with Crippen LogP contribution in [-0.4, -0.2) is 29.6 Å². The highest BCUT2D eigenvalue weighted by Crippen LogP contribution is 2.28. The molecule has 19 heavy (non-hydrogen) atoms. The lowest BCUT2D eigenvalue weighted by atomic mass is 9.91. The van der Waals surface area contributed by atoms with E-state index in [9.17, 15) is 5.11 Å². The normalized spacial score (nSPS) is 17.6. The fraction of sp³-hybridized carbons (Fsp3) is 0.412. The molecule has 1 saturated carbocycles. The molecule has 0 aromatic heterocycles. The first kappa shape index (κ1) is 12.6. The smallest absolute Gasteiger partial charge is 0.0922 e. The number of aliphatic hydroxyl groups is 1. The van der Waals surface area contributed by atoms with Crippen LogP contribution in [-0.2, 0) is 0 Å². The monoisotopic (exact) mass is 255 g/mol. The van der Waals surface area contributed by atoms with Gasteiger partial charge in [0.15, 0.2) is 0 Å². The molecule has 0 heterocycles. The van der Waals surface area contributed by atoms with Crippen LogP contribution in [0.2, 0.25) is 0 Å². The highest BCUT2D eigenvalue weighted by Gasteiger charge is 2.24. The van der Waals surface area contributed by atoms with Crippen LogP contribution in [0.25, 0.3) is 10.8 Å². The van der Waals surface area contributed by atoms with E-state index in [1.807, 2.05) is 24.3 Å². The molecule has 1 aliphatic carbocycles. The van der Waals surface area contributed by atoms with Crippen molar-refractivity contribution >= 4 is 10.8 Å². The molecule has 0 amide bonds. The Morgan fingerprint density at radius 2 is 1.89 bits per heavy atom. The molecule has 3 rings (SSSR count). The van der Waals surface area contributed by atoms with Gasteiger partial charge in [-0.25, -0.2) is 0 Å². The molecular weight excluding hydrogens is 234 g/mol. The van der Waals surface area contributed by atoms with Crippen molar-refractivity contribution < 1.29 is 5.11 Å². The second-order valence-electron chi connectivity index (χ2n) is 5.61. The molecule has 1 N–H and O–H groups in total. The maximum atomic E-state index is 10.5. The summed E-state index contributed by atoms with van der Waals surface area (Å²) in [6.45, 7) is 0.721. The van der Waals surface area contributed by atoms with Crippen molar-refractivity contribution in [2.24, 2.45) is 0 Å². The predicted octanol–water partition coefficient (Wildman–Crippen LogP) is 3.36. The molecule has 1 aliphatic rings. The molecule has 0 radical (unpaired) electrons. The summed E-state index contributed by atoms with van der Waals surface area (Å²) in [7, 11) is 2.12. The Labute approximate surface area is 114 Å². The van der Waals surface area contributed by atoms with Crippen LogP contribution in [0.3, 0.4) is 0 Å². The third kappa shape index (κ3) is 2.51. The Balaban J connectivity index is 1.82. The lowest BCUT2D eigenvalue weighted by molar-refractivity contribution is 0.0784. The zero-order valence-electron chi connectivity index (χ0n) is 11.4. The van der Waals surface area contributed by atoms with Crippen molar-refractivity contribution in [2.75, 3.05) is 13.6 Å². The molecule has 0 saturated heterocycles. The van der Waals surface area contributed by atoms with Crippen molar-refractivity contribution in [1.82, 2.24) is 4.90 Å². The van der Waals surface area contributed by atoms with Crippen LogP contribution in [0.4, 0.5) is 0 Å². The predicted molar refractivity (Wildman–Crippen MR) is 79.2 cm³/mol.